The number of esters is 1. The van der Waals surface area contributed by atoms with Crippen LogP contribution < -0.4 is 0 Å². The van der Waals surface area contributed by atoms with Gasteiger partial charge in [-0.25, -0.2) is 18.2 Å². The number of thiazole rings is 1. The van der Waals surface area contributed by atoms with Crippen molar-refractivity contribution in [3.8, 4) is 10.8 Å². The Morgan fingerprint density at radius 3 is 2.50 bits per heavy atom. The van der Waals surface area contributed by atoms with Crippen LogP contribution in [0.15, 0.2) is 57.4 Å². The minimum Gasteiger partial charge on any atom is -0.462 e. The van der Waals surface area contributed by atoms with E-state index in [1.165, 1.54) is 39.9 Å². The number of nitrogens with zero attached hydrogens (tertiary/aromatic N) is 2. The summed E-state index contributed by atoms with van der Waals surface area (Å²) in [5.74, 6) is 0.139. The van der Waals surface area contributed by atoms with Gasteiger partial charge in [-0.2, -0.15) is 4.31 Å². The Kier molecular flexibility index (Phi) is 6.31. The van der Waals surface area contributed by atoms with E-state index < -0.39 is 16.0 Å². The molecule has 3 heterocycles. The Balaban J connectivity index is 1.38. The van der Waals surface area contributed by atoms with Gasteiger partial charge in [-0.1, -0.05) is 12.8 Å². The van der Waals surface area contributed by atoms with Crippen molar-refractivity contribution in [1.82, 2.24) is 9.29 Å². The fourth-order valence-corrected chi connectivity index (χ4v) is 5.59. The van der Waals surface area contributed by atoms with Crippen LogP contribution in [0.4, 0.5) is 0 Å². The molecule has 9 heteroatoms. The number of ether oxygens (including phenoxy) is 1. The van der Waals surface area contributed by atoms with Crippen molar-refractivity contribution in [2.75, 3.05) is 13.1 Å². The highest BCUT2D eigenvalue weighted by molar-refractivity contribution is 7.89. The van der Waals surface area contributed by atoms with Crippen LogP contribution in [0.5, 0.6) is 0 Å². The van der Waals surface area contributed by atoms with E-state index in [1.54, 1.807) is 12.3 Å². The second-order valence-corrected chi connectivity index (χ2v) is 9.84. The van der Waals surface area contributed by atoms with E-state index in [0.29, 0.717) is 35.1 Å². The number of carbonyl (C=O) groups excluding carboxylic acids is 1. The second kappa shape index (κ2) is 9.11. The third-order valence-electron chi connectivity index (χ3n) is 4.93. The first-order chi connectivity index (χ1) is 14.5. The number of benzene rings is 1. The number of hydrogen-bond donors (Lipinski definition) is 0. The molecule has 1 aromatic carbocycles. The number of rotatable bonds is 6. The lowest BCUT2D eigenvalue weighted by Gasteiger charge is -2.19. The molecule has 3 aromatic rings. The zero-order valence-corrected chi connectivity index (χ0v) is 18.0. The van der Waals surface area contributed by atoms with Gasteiger partial charge in [0, 0.05) is 18.5 Å². The SMILES string of the molecule is O=C(OCc1csc(-c2ccco2)n1)c1ccc(S(=O)(=O)N2CCCCCC2)cc1. The third kappa shape index (κ3) is 4.63. The van der Waals surface area contributed by atoms with Crippen molar-refractivity contribution in [2.24, 2.45) is 0 Å². The molecule has 158 valence electrons. The Bertz CT molecular complexity index is 1080. The first-order valence-corrected chi connectivity index (χ1v) is 12.1. The van der Waals surface area contributed by atoms with E-state index in [-0.39, 0.29) is 11.5 Å². The van der Waals surface area contributed by atoms with E-state index in [0.717, 1.165) is 25.7 Å². The standard InChI is InChI=1S/C21H22N2O5S2/c24-21(28-14-17-15-29-20(22-17)19-6-5-13-27-19)16-7-9-18(10-8-16)30(25,26)23-11-3-1-2-4-12-23/h5-10,13,15H,1-4,11-12,14H2. The Hall–Kier alpha value is -2.49. The maximum absolute atomic E-state index is 12.8. The molecule has 7 nitrogen and oxygen atoms in total. The van der Waals surface area contributed by atoms with Crippen molar-refractivity contribution in [1.29, 1.82) is 0 Å². The first kappa shape index (κ1) is 20.8. The molecule has 0 bridgehead atoms. The minimum absolute atomic E-state index is 0.0316. The van der Waals surface area contributed by atoms with Crippen LogP contribution in [0, 0.1) is 0 Å². The predicted molar refractivity (Wildman–Crippen MR) is 113 cm³/mol. The molecule has 1 aliphatic rings. The van der Waals surface area contributed by atoms with Crippen molar-refractivity contribution >= 4 is 27.3 Å². The quantitative estimate of drug-likeness (QED) is 0.524. The molecule has 0 N–H and O–H groups in total. The summed E-state index contributed by atoms with van der Waals surface area (Å²) in [4.78, 5) is 16.9. The third-order valence-corrected chi connectivity index (χ3v) is 7.75. The smallest absolute Gasteiger partial charge is 0.338 e. The minimum atomic E-state index is -3.54. The summed E-state index contributed by atoms with van der Waals surface area (Å²) in [5.41, 5.74) is 0.923. The molecule has 1 fully saturated rings. The summed E-state index contributed by atoms with van der Waals surface area (Å²) in [7, 11) is -3.54. The summed E-state index contributed by atoms with van der Waals surface area (Å²) in [6.45, 7) is 1.11. The van der Waals surface area contributed by atoms with E-state index in [9.17, 15) is 13.2 Å². The number of hydrogen-bond acceptors (Lipinski definition) is 7. The maximum atomic E-state index is 12.8. The molecule has 0 saturated carbocycles. The molecular formula is C21H22N2O5S2. The fraction of sp³-hybridized carbons (Fsp3) is 0.333. The largest absolute Gasteiger partial charge is 0.462 e. The maximum Gasteiger partial charge on any atom is 0.338 e. The molecule has 30 heavy (non-hydrogen) atoms. The number of sulfonamides is 1. The molecular weight excluding hydrogens is 424 g/mol. The monoisotopic (exact) mass is 446 g/mol. The number of furan rings is 1. The normalized spacial score (nSPS) is 15.6. The van der Waals surface area contributed by atoms with Gasteiger partial charge in [-0.05, 0) is 49.2 Å². The lowest BCUT2D eigenvalue weighted by Crippen LogP contribution is -2.31. The molecule has 0 atom stereocenters. The Morgan fingerprint density at radius 1 is 1.10 bits per heavy atom. The highest BCUT2D eigenvalue weighted by atomic mass is 32.2. The van der Waals surface area contributed by atoms with Gasteiger partial charge in [-0.15, -0.1) is 11.3 Å². The molecule has 1 saturated heterocycles. The van der Waals surface area contributed by atoms with Gasteiger partial charge in [0.15, 0.2) is 10.8 Å². The molecule has 1 aliphatic heterocycles. The van der Waals surface area contributed by atoms with E-state index in [4.69, 9.17) is 9.15 Å². The summed E-state index contributed by atoms with van der Waals surface area (Å²) in [5, 5.41) is 2.52. The van der Waals surface area contributed by atoms with Gasteiger partial charge in [0.05, 0.1) is 22.4 Å². The van der Waals surface area contributed by atoms with Crippen molar-refractivity contribution < 1.29 is 22.4 Å². The highest BCUT2D eigenvalue weighted by Gasteiger charge is 2.25. The lowest BCUT2D eigenvalue weighted by atomic mass is 10.2. The highest BCUT2D eigenvalue weighted by Crippen LogP contribution is 2.25. The van der Waals surface area contributed by atoms with Crippen molar-refractivity contribution in [2.45, 2.75) is 37.2 Å². The molecule has 0 radical (unpaired) electrons. The zero-order valence-electron chi connectivity index (χ0n) is 16.3. The van der Waals surface area contributed by atoms with Crippen molar-refractivity contribution in [3.63, 3.8) is 0 Å². The predicted octanol–water partition coefficient (Wildman–Crippen LogP) is 4.32. The average Bonchev–Trinajstić information content (AvgIpc) is 3.38. The van der Waals surface area contributed by atoms with Gasteiger partial charge in [0.25, 0.3) is 0 Å². The average molecular weight is 447 g/mol. The van der Waals surface area contributed by atoms with Crippen molar-refractivity contribution in [3.05, 3.63) is 59.3 Å². The van der Waals surface area contributed by atoms with Gasteiger partial charge in [0.1, 0.15) is 6.61 Å². The Labute approximate surface area is 179 Å². The van der Waals surface area contributed by atoms with Gasteiger partial charge >= 0.3 is 5.97 Å². The van der Waals surface area contributed by atoms with Gasteiger partial charge < -0.3 is 9.15 Å². The molecule has 0 aliphatic carbocycles. The summed E-state index contributed by atoms with van der Waals surface area (Å²) >= 11 is 1.41. The van der Waals surface area contributed by atoms with E-state index in [2.05, 4.69) is 4.98 Å². The van der Waals surface area contributed by atoms with Gasteiger partial charge in [0.2, 0.25) is 10.0 Å². The molecule has 0 spiro atoms. The summed E-state index contributed by atoms with van der Waals surface area (Å²) in [6.07, 6.45) is 5.44. The van der Waals surface area contributed by atoms with Crippen LogP contribution in [-0.4, -0.2) is 36.8 Å². The van der Waals surface area contributed by atoms with Crippen LogP contribution in [0.2, 0.25) is 0 Å². The van der Waals surface area contributed by atoms with Crippen LogP contribution in [0.1, 0.15) is 41.7 Å². The summed E-state index contributed by atoms with van der Waals surface area (Å²) in [6, 6.07) is 9.51. The molecule has 4 rings (SSSR count). The first-order valence-electron chi connectivity index (χ1n) is 9.80. The number of carbonyl (C=O) groups is 1. The van der Waals surface area contributed by atoms with E-state index >= 15 is 0 Å². The Morgan fingerprint density at radius 2 is 1.83 bits per heavy atom. The molecule has 0 amide bonds. The molecule has 2 aromatic heterocycles. The van der Waals surface area contributed by atoms with Crippen LogP contribution in [0.25, 0.3) is 10.8 Å². The lowest BCUT2D eigenvalue weighted by molar-refractivity contribution is 0.0468. The van der Waals surface area contributed by atoms with Crippen LogP contribution in [0.3, 0.4) is 0 Å². The second-order valence-electron chi connectivity index (χ2n) is 7.04. The topological polar surface area (TPSA) is 89.7 Å². The zero-order chi connectivity index (χ0) is 21.0. The number of aromatic nitrogens is 1. The molecule has 0 unspecified atom stereocenters. The van der Waals surface area contributed by atoms with Crippen LogP contribution in [-0.2, 0) is 21.4 Å². The summed E-state index contributed by atoms with van der Waals surface area (Å²) < 4.78 is 37.8. The van der Waals surface area contributed by atoms with Gasteiger partial charge in [-0.3, -0.25) is 0 Å². The van der Waals surface area contributed by atoms with Crippen LogP contribution >= 0.6 is 11.3 Å². The van der Waals surface area contributed by atoms with E-state index in [1.807, 2.05) is 11.4 Å². The fourth-order valence-electron chi connectivity index (χ4n) is 3.30.